The van der Waals surface area contributed by atoms with E-state index >= 15 is 0 Å². The molecule has 27 heavy (non-hydrogen) atoms. The Morgan fingerprint density at radius 2 is 1.93 bits per heavy atom. The van der Waals surface area contributed by atoms with Crippen LogP contribution >= 0.6 is 0 Å². The largest absolute Gasteiger partial charge is 0.478 e. The number of benzene rings is 1. The zero-order valence-electron chi connectivity index (χ0n) is 15.3. The van der Waals surface area contributed by atoms with Crippen LogP contribution in [0.3, 0.4) is 0 Å². The van der Waals surface area contributed by atoms with Gasteiger partial charge in [-0.25, -0.2) is 4.79 Å². The molecule has 5 heteroatoms. The summed E-state index contributed by atoms with van der Waals surface area (Å²) in [6, 6.07) is 10.6. The first kappa shape index (κ1) is 17.0. The van der Waals surface area contributed by atoms with Crippen molar-refractivity contribution in [2.24, 2.45) is 11.8 Å². The minimum absolute atomic E-state index is 0.0367. The summed E-state index contributed by atoms with van der Waals surface area (Å²) in [6.45, 7) is 0.633. The van der Waals surface area contributed by atoms with Crippen LogP contribution in [0.25, 0.3) is 11.3 Å². The van der Waals surface area contributed by atoms with Gasteiger partial charge in [-0.1, -0.05) is 12.1 Å². The lowest BCUT2D eigenvalue weighted by Gasteiger charge is -2.60. The Kier molecular flexibility index (Phi) is 3.75. The van der Waals surface area contributed by atoms with Crippen LogP contribution in [0, 0.1) is 11.8 Å². The lowest BCUT2D eigenvalue weighted by atomic mass is 9.51. The maximum atomic E-state index is 11.2. The summed E-state index contributed by atoms with van der Waals surface area (Å²) >= 11 is 0. The molecule has 2 unspecified atom stereocenters. The molecule has 4 fully saturated rings. The zero-order chi connectivity index (χ0) is 18.6. The highest BCUT2D eigenvalue weighted by Crippen LogP contribution is 2.57. The van der Waals surface area contributed by atoms with Crippen LogP contribution in [0.2, 0.25) is 0 Å². The van der Waals surface area contributed by atoms with Crippen LogP contribution in [0.4, 0.5) is 0 Å². The second-order valence-corrected chi connectivity index (χ2v) is 8.97. The quantitative estimate of drug-likeness (QED) is 0.748. The molecule has 1 aromatic heterocycles. The van der Waals surface area contributed by atoms with E-state index in [9.17, 15) is 9.90 Å². The van der Waals surface area contributed by atoms with E-state index in [0.29, 0.717) is 24.1 Å². The molecule has 4 saturated carbocycles. The van der Waals surface area contributed by atoms with Gasteiger partial charge in [-0.3, -0.25) is 0 Å². The summed E-state index contributed by atoms with van der Waals surface area (Å²) in [5.41, 5.74) is 0.591. The standard InChI is InChI=1S/C22H25NO4/c24-20(25)17-3-1-2-16(7-17)19-5-4-18(27-19)12-23-21-8-14-6-15(9-21)11-22(26,10-14)13-21/h1-5,7,14-15,23,26H,6,8-13H2,(H,24,25). The number of furan rings is 1. The summed E-state index contributed by atoms with van der Waals surface area (Å²) in [6.07, 6.45) is 6.37. The first-order valence-corrected chi connectivity index (χ1v) is 9.82. The minimum Gasteiger partial charge on any atom is -0.478 e. The SMILES string of the molecule is O=C(O)c1cccc(-c2ccc(CNC34CC5CC(CC(O)(C5)C3)C4)o2)c1. The van der Waals surface area contributed by atoms with E-state index in [1.54, 1.807) is 18.2 Å². The number of rotatable bonds is 5. The van der Waals surface area contributed by atoms with Gasteiger partial charge in [0.15, 0.2) is 0 Å². The molecule has 142 valence electrons. The molecule has 0 amide bonds. The molecule has 0 radical (unpaired) electrons. The number of nitrogens with one attached hydrogen (secondary N) is 1. The molecule has 4 aliphatic rings. The first-order chi connectivity index (χ1) is 12.9. The second-order valence-electron chi connectivity index (χ2n) is 8.97. The van der Waals surface area contributed by atoms with Crippen LogP contribution in [-0.4, -0.2) is 27.3 Å². The lowest BCUT2D eigenvalue weighted by Crippen LogP contribution is -2.64. The zero-order valence-corrected chi connectivity index (χ0v) is 15.3. The fourth-order valence-corrected chi connectivity index (χ4v) is 6.13. The van der Waals surface area contributed by atoms with Crippen LogP contribution in [0.1, 0.15) is 54.6 Å². The van der Waals surface area contributed by atoms with Crippen molar-refractivity contribution in [3.8, 4) is 11.3 Å². The van der Waals surface area contributed by atoms with Gasteiger partial charge >= 0.3 is 5.97 Å². The third-order valence-electron chi connectivity index (χ3n) is 6.72. The second kappa shape index (κ2) is 5.94. The summed E-state index contributed by atoms with van der Waals surface area (Å²) in [7, 11) is 0. The Morgan fingerprint density at radius 1 is 1.15 bits per heavy atom. The summed E-state index contributed by atoms with van der Waals surface area (Å²) in [5.74, 6) is 1.88. The maximum absolute atomic E-state index is 11.2. The fraction of sp³-hybridized carbons (Fsp3) is 0.500. The topological polar surface area (TPSA) is 82.7 Å². The number of carboxylic acid groups (broad SMARTS) is 1. The van der Waals surface area contributed by atoms with Crippen molar-refractivity contribution in [3.63, 3.8) is 0 Å². The highest BCUT2D eigenvalue weighted by atomic mass is 16.4. The molecule has 2 aromatic rings. The Balaban J connectivity index is 1.30. The normalized spacial score (nSPS) is 34.1. The molecular weight excluding hydrogens is 342 g/mol. The Morgan fingerprint density at radius 3 is 2.63 bits per heavy atom. The van der Waals surface area contributed by atoms with Crippen LogP contribution < -0.4 is 5.32 Å². The summed E-state index contributed by atoms with van der Waals surface area (Å²) in [5, 5.41) is 23.7. The molecule has 1 heterocycles. The van der Waals surface area contributed by atoms with E-state index in [4.69, 9.17) is 9.52 Å². The van der Waals surface area contributed by atoms with Gasteiger partial charge < -0.3 is 19.9 Å². The summed E-state index contributed by atoms with van der Waals surface area (Å²) in [4.78, 5) is 11.2. The Hall–Kier alpha value is -2.11. The predicted molar refractivity (Wildman–Crippen MR) is 100 cm³/mol. The van der Waals surface area contributed by atoms with Crippen molar-refractivity contribution in [1.29, 1.82) is 0 Å². The molecule has 0 saturated heterocycles. The van der Waals surface area contributed by atoms with Gasteiger partial charge in [-0.15, -0.1) is 0 Å². The molecule has 0 spiro atoms. The van der Waals surface area contributed by atoms with Crippen molar-refractivity contribution in [2.45, 2.75) is 56.2 Å². The molecule has 4 aliphatic carbocycles. The highest BCUT2D eigenvalue weighted by molar-refractivity contribution is 5.89. The molecular formula is C22H25NO4. The molecule has 5 nitrogen and oxygen atoms in total. The maximum Gasteiger partial charge on any atom is 0.335 e. The predicted octanol–water partition coefficient (Wildman–Crippen LogP) is 3.82. The fourth-order valence-electron chi connectivity index (χ4n) is 6.13. The van der Waals surface area contributed by atoms with E-state index in [1.165, 1.54) is 6.42 Å². The van der Waals surface area contributed by atoms with Gasteiger partial charge in [0.1, 0.15) is 11.5 Å². The number of carbonyl (C=O) groups is 1. The van der Waals surface area contributed by atoms with Gasteiger partial charge in [0.05, 0.1) is 17.7 Å². The number of hydrogen-bond acceptors (Lipinski definition) is 4. The first-order valence-electron chi connectivity index (χ1n) is 9.82. The van der Waals surface area contributed by atoms with Crippen molar-refractivity contribution in [1.82, 2.24) is 5.32 Å². The summed E-state index contributed by atoms with van der Waals surface area (Å²) < 4.78 is 5.98. The number of carboxylic acids is 1. The van der Waals surface area contributed by atoms with Gasteiger partial charge in [0.25, 0.3) is 0 Å². The van der Waals surface area contributed by atoms with Gasteiger partial charge in [0, 0.05) is 11.1 Å². The van der Waals surface area contributed by atoms with Gasteiger partial charge in [-0.05, 0) is 74.6 Å². The van der Waals surface area contributed by atoms with Crippen LogP contribution in [0.5, 0.6) is 0 Å². The van der Waals surface area contributed by atoms with Gasteiger partial charge in [0.2, 0.25) is 0 Å². The van der Waals surface area contributed by atoms with Crippen molar-refractivity contribution in [2.75, 3.05) is 0 Å². The van der Waals surface area contributed by atoms with E-state index < -0.39 is 11.6 Å². The van der Waals surface area contributed by atoms with E-state index in [1.807, 2.05) is 18.2 Å². The average molecular weight is 367 g/mol. The Labute approximate surface area is 158 Å². The molecule has 1 aromatic carbocycles. The molecule has 0 aliphatic heterocycles. The molecule has 4 bridgehead atoms. The number of aromatic carboxylic acids is 1. The third-order valence-corrected chi connectivity index (χ3v) is 6.72. The van der Waals surface area contributed by atoms with Gasteiger partial charge in [-0.2, -0.15) is 0 Å². The number of aliphatic hydroxyl groups is 1. The van der Waals surface area contributed by atoms with E-state index in [-0.39, 0.29) is 11.1 Å². The highest BCUT2D eigenvalue weighted by Gasteiger charge is 2.56. The smallest absolute Gasteiger partial charge is 0.335 e. The third kappa shape index (κ3) is 3.09. The van der Waals surface area contributed by atoms with Crippen LogP contribution in [0.15, 0.2) is 40.8 Å². The average Bonchev–Trinajstić information content (AvgIpc) is 3.07. The van der Waals surface area contributed by atoms with E-state index in [0.717, 1.165) is 43.4 Å². The Bertz CT molecular complexity index is 872. The van der Waals surface area contributed by atoms with E-state index in [2.05, 4.69) is 5.32 Å². The lowest BCUT2D eigenvalue weighted by molar-refractivity contribution is -0.143. The van der Waals surface area contributed by atoms with Crippen molar-refractivity contribution >= 4 is 5.97 Å². The van der Waals surface area contributed by atoms with Crippen LogP contribution in [-0.2, 0) is 6.54 Å². The molecule has 2 atom stereocenters. The molecule has 6 rings (SSSR count). The minimum atomic E-state index is -0.940. The monoisotopic (exact) mass is 367 g/mol. The number of hydrogen-bond donors (Lipinski definition) is 3. The van der Waals surface area contributed by atoms with Crippen molar-refractivity contribution < 1.29 is 19.4 Å². The molecule has 3 N–H and O–H groups in total. The van der Waals surface area contributed by atoms with Crippen molar-refractivity contribution in [3.05, 3.63) is 47.7 Å².